The third-order valence-electron chi connectivity index (χ3n) is 3.58. The Balaban J connectivity index is 2.07. The van der Waals surface area contributed by atoms with Crippen LogP contribution in [0.4, 0.5) is 0 Å². The van der Waals surface area contributed by atoms with Gasteiger partial charge in [0, 0.05) is 4.47 Å². The molecule has 0 bridgehead atoms. The molecule has 0 saturated carbocycles. The molecule has 0 radical (unpaired) electrons. The second-order valence-corrected chi connectivity index (χ2v) is 6.37. The molecular formula is C19H21BrN2O4. The fourth-order valence-corrected chi connectivity index (χ4v) is 2.57. The molecule has 0 spiro atoms. The predicted molar refractivity (Wildman–Crippen MR) is 102 cm³/mol. The molecule has 0 fully saturated rings. The van der Waals surface area contributed by atoms with E-state index in [0.717, 1.165) is 17.3 Å². The average Bonchev–Trinajstić information content (AvgIpc) is 2.67. The first-order valence-electron chi connectivity index (χ1n) is 8.22. The Kier molecular flexibility index (Phi) is 7.47. The zero-order valence-corrected chi connectivity index (χ0v) is 16.3. The number of amides is 2. The van der Waals surface area contributed by atoms with Crippen molar-refractivity contribution < 1.29 is 19.1 Å². The number of carbonyl (C=O) groups is 2. The summed E-state index contributed by atoms with van der Waals surface area (Å²) in [5.41, 5.74) is 5.46. The molecule has 2 aromatic rings. The van der Waals surface area contributed by atoms with Crippen molar-refractivity contribution in [1.82, 2.24) is 10.9 Å². The summed E-state index contributed by atoms with van der Waals surface area (Å²) in [6.07, 6.45) is 1.88. The third-order valence-corrected chi connectivity index (χ3v) is 4.08. The van der Waals surface area contributed by atoms with E-state index in [1.807, 2.05) is 0 Å². The number of para-hydroxylation sites is 1. The molecule has 2 N–H and O–H groups in total. The lowest BCUT2D eigenvalue weighted by Crippen LogP contribution is -2.41. The monoisotopic (exact) mass is 420 g/mol. The summed E-state index contributed by atoms with van der Waals surface area (Å²) in [6.45, 7) is 2.58. The quantitative estimate of drug-likeness (QED) is 0.528. The summed E-state index contributed by atoms with van der Waals surface area (Å²) in [6, 6.07) is 11.9. The van der Waals surface area contributed by atoms with E-state index in [1.165, 1.54) is 7.11 Å². The van der Waals surface area contributed by atoms with Gasteiger partial charge in [0.15, 0.2) is 0 Å². The molecule has 26 heavy (non-hydrogen) atoms. The zero-order chi connectivity index (χ0) is 18.9. The number of hydrogen-bond donors (Lipinski definition) is 2. The molecule has 2 amide bonds. The van der Waals surface area contributed by atoms with Gasteiger partial charge in [0.25, 0.3) is 11.8 Å². The van der Waals surface area contributed by atoms with E-state index in [1.54, 1.807) is 42.5 Å². The van der Waals surface area contributed by atoms with Crippen LogP contribution in [0.3, 0.4) is 0 Å². The molecule has 0 aliphatic heterocycles. The Morgan fingerprint density at radius 2 is 1.69 bits per heavy atom. The maximum Gasteiger partial charge on any atom is 0.273 e. The van der Waals surface area contributed by atoms with Gasteiger partial charge in [0.2, 0.25) is 0 Å². The minimum atomic E-state index is -0.473. The van der Waals surface area contributed by atoms with Crippen LogP contribution in [-0.4, -0.2) is 25.5 Å². The van der Waals surface area contributed by atoms with Crippen LogP contribution in [0.2, 0.25) is 0 Å². The highest BCUT2D eigenvalue weighted by atomic mass is 79.9. The Bertz CT molecular complexity index is 780. The average molecular weight is 421 g/mol. The topological polar surface area (TPSA) is 76.7 Å². The molecule has 138 valence electrons. The number of ether oxygens (including phenoxy) is 2. The summed E-state index contributed by atoms with van der Waals surface area (Å²) in [7, 11) is 1.48. The maximum absolute atomic E-state index is 12.5. The van der Waals surface area contributed by atoms with E-state index in [9.17, 15) is 9.59 Å². The van der Waals surface area contributed by atoms with Gasteiger partial charge in [-0.15, -0.1) is 0 Å². The summed E-state index contributed by atoms with van der Waals surface area (Å²) < 4.78 is 11.6. The molecule has 0 unspecified atom stereocenters. The summed E-state index contributed by atoms with van der Waals surface area (Å²) in [4.78, 5) is 24.8. The second kappa shape index (κ2) is 9.82. The fraction of sp³-hybridized carbons (Fsp3) is 0.263. The molecule has 0 aliphatic rings. The van der Waals surface area contributed by atoms with Crippen LogP contribution in [0, 0.1) is 0 Å². The second-order valence-electron chi connectivity index (χ2n) is 5.45. The van der Waals surface area contributed by atoms with Gasteiger partial charge in [-0.2, -0.15) is 0 Å². The minimum Gasteiger partial charge on any atom is -0.496 e. The number of hydrogen-bond acceptors (Lipinski definition) is 4. The Hall–Kier alpha value is -2.54. The molecule has 6 nitrogen and oxygen atoms in total. The number of methoxy groups -OCH3 is 1. The highest BCUT2D eigenvalue weighted by Crippen LogP contribution is 2.23. The fourth-order valence-electron chi connectivity index (χ4n) is 2.21. The van der Waals surface area contributed by atoms with Crippen LogP contribution in [0.1, 0.15) is 40.5 Å². The lowest BCUT2D eigenvalue weighted by Gasteiger charge is -2.13. The van der Waals surface area contributed by atoms with Crippen molar-refractivity contribution in [2.24, 2.45) is 0 Å². The van der Waals surface area contributed by atoms with Gasteiger partial charge in [0.1, 0.15) is 11.5 Å². The number of nitrogens with one attached hydrogen (secondary N) is 2. The van der Waals surface area contributed by atoms with Crippen molar-refractivity contribution in [2.75, 3.05) is 13.7 Å². The lowest BCUT2D eigenvalue weighted by atomic mass is 10.2. The zero-order valence-electron chi connectivity index (χ0n) is 14.7. The normalized spacial score (nSPS) is 10.1. The van der Waals surface area contributed by atoms with E-state index in [-0.39, 0.29) is 0 Å². The van der Waals surface area contributed by atoms with Gasteiger partial charge >= 0.3 is 0 Å². The lowest BCUT2D eigenvalue weighted by molar-refractivity contribution is 0.0842. The van der Waals surface area contributed by atoms with Crippen LogP contribution in [0.25, 0.3) is 0 Å². The summed E-state index contributed by atoms with van der Waals surface area (Å²) in [5, 5.41) is 0. The number of rotatable bonds is 7. The van der Waals surface area contributed by atoms with Crippen molar-refractivity contribution in [2.45, 2.75) is 19.8 Å². The van der Waals surface area contributed by atoms with Crippen molar-refractivity contribution in [3.8, 4) is 11.5 Å². The van der Waals surface area contributed by atoms with Crippen LogP contribution < -0.4 is 20.3 Å². The first kappa shape index (κ1) is 19.8. The maximum atomic E-state index is 12.5. The molecule has 0 aliphatic carbocycles. The molecular weight excluding hydrogens is 400 g/mol. The number of unbranched alkanes of at least 4 members (excludes halogenated alkanes) is 1. The Labute approximate surface area is 161 Å². The van der Waals surface area contributed by atoms with E-state index in [2.05, 4.69) is 33.7 Å². The number of halogens is 1. The molecule has 2 aromatic carbocycles. The Morgan fingerprint density at radius 3 is 2.38 bits per heavy atom. The van der Waals surface area contributed by atoms with Crippen molar-refractivity contribution >= 4 is 27.7 Å². The molecule has 0 aromatic heterocycles. The number of hydrazine groups is 1. The van der Waals surface area contributed by atoms with Crippen LogP contribution in [0.15, 0.2) is 46.9 Å². The van der Waals surface area contributed by atoms with E-state index in [0.29, 0.717) is 29.2 Å². The van der Waals surface area contributed by atoms with Gasteiger partial charge in [-0.05, 0) is 36.8 Å². The van der Waals surface area contributed by atoms with Gasteiger partial charge in [0.05, 0.1) is 24.8 Å². The van der Waals surface area contributed by atoms with Crippen LogP contribution >= 0.6 is 15.9 Å². The Morgan fingerprint density at radius 1 is 1.00 bits per heavy atom. The smallest absolute Gasteiger partial charge is 0.273 e. The first-order chi connectivity index (χ1) is 12.6. The van der Waals surface area contributed by atoms with Crippen molar-refractivity contribution in [1.29, 1.82) is 0 Å². The largest absolute Gasteiger partial charge is 0.496 e. The van der Waals surface area contributed by atoms with E-state index in [4.69, 9.17) is 9.47 Å². The molecule has 0 saturated heterocycles. The standard InChI is InChI=1S/C19H21BrN2O4/c1-3-4-11-26-17-10-9-13(20)12-15(17)19(24)22-21-18(23)14-7-5-6-8-16(14)25-2/h5-10,12H,3-4,11H2,1-2H3,(H,21,23)(H,22,24). The number of benzene rings is 2. The first-order valence-corrected chi connectivity index (χ1v) is 9.02. The SMILES string of the molecule is CCCCOc1ccc(Br)cc1C(=O)NNC(=O)c1ccccc1OC. The predicted octanol–water partition coefficient (Wildman–Crippen LogP) is 3.71. The van der Waals surface area contributed by atoms with Gasteiger partial charge in [-0.1, -0.05) is 41.4 Å². The van der Waals surface area contributed by atoms with Gasteiger partial charge < -0.3 is 9.47 Å². The summed E-state index contributed by atoms with van der Waals surface area (Å²) in [5.74, 6) is -0.0590. The van der Waals surface area contributed by atoms with E-state index < -0.39 is 11.8 Å². The van der Waals surface area contributed by atoms with Crippen LogP contribution in [0.5, 0.6) is 11.5 Å². The van der Waals surface area contributed by atoms with Gasteiger partial charge in [-0.25, -0.2) is 0 Å². The molecule has 7 heteroatoms. The van der Waals surface area contributed by atoms with Crippen molar-refractivity contribution in [3.05, 3.63) is 58.1 Å². The third kappa shape index (κ3) is 5.23. The molecule has 0 atom stereocenters. The van der Waals surface area contributed by atoms with Crippen LogP contribution in [-0.2, 0) is 0 Å². The van der Waals surface area contributed by atoms with Crippen molar-refractivity contribution in [3.63, 3.8) is 0 Å². The summed E-state index contributed by atoms with van der Waals surface area (Å²) >= 11 is 3.34. The van der Waals surface area contributed by atoms with E-state index >= 15 is 0 Å². The number of carbonyl (C=O) groups excluding carboxylic acids is 2. The highest BCUT2D eigenvalue weighted by molar-refractivity contribution is 9.10. The minimum absolute atomic E-state index is 0.323. The molecule has 2 rings (SSSR count). The van der Waals surface area contributed by atoms with Gasteiger partial charge in [-0.3, -0.25) is 20.4 Å². The molecule has 0 heterocycles. The highest BCUT2D eigenvalue weighted by Gasteiger charge is 2.16.